The summed E-state index contributed by atoms with van der Waals surface area (Å²) in [5.74, 6) is 5.71. The van der Waals surface area contributed by atoms with Gasteiger partial charge >= 0.3 is 11.7 Å². The number of hydrogen-bond donors (Lipinski definition) is 1. The summed E-state index contributed by atoms with van der Waals surface area (Å²) in [5, 5.41) is 10.1. The second kappa shape index (κ2) is 11.7. The number of esters is 1. The molecule has 3 aromatic heterocycles. The molecule has 0 amide bonds. The lowest BCUT2D eigenvalue weighted by atomic mass is 10.1. The van der Waals surface area contributed by atoms with E-state index in [1.54, 1.807) is 48.7 Å². The molecule has 0 aliphatic carbocycles. The molecule has 5 rings (SSSR count). The maximum absolute atomic E-state index is 14.0. The molecule has 210 valence electrons. The number of carbonyl (C=O) groups is 1. The van der Waals surface area contributed by atoms with Crippen LogP contribution in [0.4, 0.5) is 5.95 Å². The monoisotopic (exact) mass is 554 g/mol. The standard InChI is InChI=1S/C29H30N8O4/c1-3-5-14-35-25-26(33-28(35)34-13-7-9-20(31)16-34)36(18-24(38)41-4-2)29(40)37(27(25)39)17-21-11-12-22-19(15-30)8-6-10-23(22)32-21/h6,8,10-12,20H,4,7,9,13-14,16-18,31H2,1-2H3. The van der Waals surface area contributed by atoms with E-state index in [4.69, 9.17) is 15.5 Å². The second-order valence-corrected chi connectivity index (χ2v) is 9.80. The normalized spacial score (nSPS) is 15.0. The van der Waals surface area contributed by atoms with Crippen LogP contribution in [0.2, 0.25) is 0 Å². The van der Waals surface area contributed by atoms with Crippen molar-refractivity contribution in [3.05, 3.63) is 62.4 Å². The van der Waals surface area contributed by atoms with E-state index in [0.29, 0.717) is 41.2 Å². The van der Waals surface area contributed by atoms with Crippen molar-refractivity contribution in [1.82, 2.24) is 23.7 Å². The predicted octanol–water partition coefficient (Wildman–Crippen LogP) is 1.34. The lowest BCUT2D eigenvalue weighted by molar-refractivity contribution is -0.143. The van der Waals surface area contributed by atoms with E-state index in [1.165, 1.54) is 4.57 Å². The quantitative estimate of drug-likeness (QED) is 0.263. The number of ether oxygens (including phenoxy) is 1. The molecule has 1 saturated heterocycles. The van der Waals surface area contributed by atoms with Gasteiger partial charge in [0.15, 0.2) is 11.2 Å². The third kappa shape index (κ3) is 5.30. The van der Waals surface area contributed by atoms with E-state index in [0.717, 1.165) is 17.4 Å². The Hall–Kier alpha value is -4.94. The molecule has 1 atom stereocenters. The van der Waals surface area contributed by atoms with Gasteiger partial charge in [-0.25, -0.2) is 4.79 Å². The lowest BCUT2D eigenvalue weighted by Gasteiger charge is -2.31. The Bertz CT molecular complexity index is 1870. The van der Waals surface area contributed by atoms with Gasteiger partial charge in [0.05, 0.1) is 42.5 Å². The van der Waals surface area contributed by atoms with Crippen molar-refractivity contribution < 1.29 is 9.53 Å². The fourth-order valence-electron chi connectivity index (χ4n) is 5.18. The molecule has 0 saturated carbocycles. The topological polar surface area (TPSA) is 154 Å². The maximum Gasteiger partial charge on any atom is 0.333 e. The molecule has 1 aromatic carbocycles. The molecule has 41 heavy (non-hydrogen) atoms. The highest BCUT2D eigenvalue weighted by atomic mass is 16.5. The van der Waals surface area contributed by atoms with Crippen LogP contribution in [-0.4, -0.2) is 55.4 Å². The number of nitrogens with two attached hydrogens (primary N) is 1. The van der Waals surface area contributed by atoms with Gasteiger partial charge in [-0.15, -0.1) is 5.92 Å². The number of benzene rings is 1. The Balaban J connectivity index is 1.73. The summed E-state index contributed by atoms with van der Waals surface area (Å²) in [4.78, 5) is 51.8. The van der Waals surface area contributed by atoms with Crippen LogP contribution >= 0.6 is 0 Å². The van der Waals surface area contributed by atoms with Crippen molar-refractivity contribution in [2.45, 2.75) is 52.4 Å². The van der Waals surface area contributed by atoms with Crippen molar-refractivity contribution in [1.29, 1.82) is 5.26 Å². The van der Waals surface area contributed by atoms with Crippen LogP contribution < -0.4 is 21.9 Å². The summed E-state index contributed by atoms with van der Waals surface area (Å²) >= 11 is 0. The first-order chi connectivity index (χ1) is 19.9. The zero-order valence-corrected chi connectivity index (χ0v) is 23.0. The zero-order chi connectivity index (χ0) is 29.1. The minimum Gasteiger partial charge on any atom is -0.465 e. The van der Waals surface area contributed by atoms with Crippen molar-refractivity contribution in [3.63, 3.8) is 0 Å². The maximum atomic E-state index is 14.0. The smallest absolute Gasteiger partial charge is 0.333 e. The average molecular weight is 555 g/mol. The van der Waals surface area contributed by atoms with Gasteiger partial charge in [0.1, 0.15) is 6.54 Å². The van der Waals surface area contributed by atoms with Gasteiger partial charge in [0.2, 0.25) is 5.95 Å². The first-order valence-corrected chi connectivity index (χ1v) is 13.4. The van der Waals surface area contributed by atoms with Crippen LogP contribution in [0.3, 0.4) is 0 Å². The predicted molar refractivity (Wildman–Crippen MR) is 153 cm³/mol. The summed E-state index contributed by atoms with van der Waals surface area (Å²) < 4.78 is 9.05. The van der Waals surface area contributed by atoms with Crippen molar-refractivity contribution in [3.8, 4) is 17.9 Å². The number of hydrogen-bond acceptors (Lipinski definition) is 9. The number of rotatable bonds is 7. The van der Waals surface area contributed by atoms with Crippen LogP contribution in [-0.2, 0) is 29.2 Å². The largest absolute Gasteiger partial charge is 0.465 e. The van der Waals surface area contributed by atoms with Crippen LogP contribution in [0.15, 0.2) is 39.9 Å². The molecule has 4 heterocycles. The molecule has 1 fully saturated rings. The highest BCUT2D eigenvalue weighted by molar-refractivity contribution is 5.84. The molecular formula is C29H30N8O4. The molecule has 1 aliphatic heterocycles. The van der Waals surface area contributed by atoms with Gasteiger partial charge in [-0.05, 0) is 51.0 Å². The fraction of sp³-hybridized carbons (Fsp3) is 0.379. The lowest BCUT2D eigenvalue weighted by Crippen LogP contribution is -2.44. The van der Waals surface area contributed by atoms with E-state index in [1.807, 2.05) is 4.90 Å². The molecule has 0 spiro atoms. The number of imidazole rings is 1. The van der Waals surface area contributed by atoms with Crippen molar-refractivity contribution >= 4 is 34.0 Å². The summed E-state index contributed by atoms with van der Waals surface area (Å²) in [5.41, 5.74) is 6.67. The van der Waals surface area contributed by atoms with E-state index in [-0.39, 0.29) is 36.9 Å². The summed E-state index contributed by atoms with van der Waals surface area (Å²) in [7, 11) is 0. The van der Waals surface area contributed by atoms with Crippen LogP contribution in [0.1, 0.15) is 37.9 Å². The Morgan fingerprint density at radius 3 is 2.73 bits per heavy atom. The highest BCUT2D eigenvalue weighted by Gasteiger charge is 2.27. The zero-order valence-electron chi connectivity index (χ0n) is 23.0. The molecular weight excluding hydrogens is 524 g/mol. The Labute approximate surface area is 235 Å². The van der Waals surface area contributed by atoms with E-state index >= 15 is 0 Å². The molecule has 4 aromatic rings. The number of anilines is 1. The van der Waals surface area contributed by atoms with Gasteiger partial charge in [-0.1, -0.05) is 12.0 Å². The minimum atomic E-state index is -0.712. The van der Waals surface area contributed by atoms with E-state index in [2.05, 4.69) is 22.9 Å². The van der Waals surface area contributed by atoms with Gasteiger partial charge in [-0.2, -0.15) is 10.2 Å². The van der Waals surface area contributed by atoms with Crippen LogP contribution in [0, 0.1) is 23.2 Å². The number of carbonyl (C=O) groups excluding carboxylic acids is 1. The van der Waals surface area contributed by atoms with Crippen LogP contribution in [0.5, 0.6) is 0 Å². The summed E-state index contributed by atoms with van der Waals surface area (Å²) in [6.07, 6.45) is 1.73. The number of pyridine rings is 1. The molecule has 2 N–H and O–H groups in total. The summed E-state index contributed by atoms with van der Waals surface area (Å²) in [6.45, 7) is 4.31. The third-order valence-electron chi connectivity index (χ3n) is 7.07. The number of nitriles is 1. The number of piperidine rings is 1. The van der Waals surface area contributed by atoms with Gasteiger partial charge < -0.3 is 15.4 Å². The van der Waals surface area contributed by atoms with Gasteiger partial charge in [0, 0.05) is 24.5 Å². The first-order valence-electron chi connectivity index (χ1n) is 13.4. The highest BCUT2D eigenvalue weighted by Crippen LogP contribution is 2.23. The average Bonchev–Trinajstić information content (AvgIpc) is 3.35. The first kappa shape index (κ1) is 27.6. The van der Waals surface area contributed by atoms with E-state index < -0.39 is 23.8 Å². The number of nitrogens with zero attached hydrogens (tertiary/aromatic N) is 7. The van der Waals surface area contributed by atoms with E-state index in [9.17, 15) is 19.6 Å². The number of aromatic nitrogens is 5. The second-order valence-electron chi connectivity index (χ2n) is 9.80. The molecule has 1 unspecified atom stereocenters. The fourth-order valence-corrected chi connectivity index (χ4v) is 5.18. The summed E-state index contributed by atoms with van der Waals surface area (Å²) in [6, 6.07) is 10.7. The Morgan fingerprint density at radius 1 is 1.17 bits per heavy atom. The van der Waals surface area contributed by atoms with Gasteiger partial charge in [-0.3, -0.25) is 28.3 Å². The third-order valence-corrected chi connectivity index (χ3v) is 7.07. The molecule has 1 aliphatic rings. The van der Waals surface area contributed by atoms with Gasteiger partial charge in [0.25, 0.3) is 5.56 Å². The Morgan fingerprint density at radius 2 is 2.00 bits per heavy atom. The molecule has 0 radical (unpaired) electrons. The van der Waals surface area contributed by atoms with Crippen molar-refractivity contribution in [2.24, 2.45) is 5.73 Å². The minimum absolute atomic E-state index is 0.0619. The SMILES string of the molecule is CC#CCn1c(N2CCCC(N)C2)nc2c1c(=O)n(Cc1ccc3c(C#N)cccc3n1)c(=O)n2CC(=O)OCC. The van der Waals surface area contributed by atoms with Crippen molar-refractivity contribution in [2.75, 3.05) is 24.6 Å². The molecule has 0 bridgehead atoms. The molecule has 12 heteroatoms. The number of fused-ring (bicyclic) bond motifs is 2. The Kier molecular flexibility index (Phi) is 7.86. The van der Waals surface area contributed by atoms with Crippen LogP contribution in [0.25, 0.3) is 22.1 Å². The molecule has 12 nitrogen and oxygen atoms in total.